The van der Waals surface area contributed by atoms with Gasteiger partial charge in [0, 0.05) is 19.6 Å². The van der Waals surface area contributed by atoms with E-state index < -0.39 is 11.9 Å². The average Bonchev–Trinajstić information content (AvgIpc) is 2.96. The molecule has 2 unspecified atom stereocenters. The maximum absolute atomic E-state index is 11.2. The van der Waals surface area contributed by atoms with Crippen LogP contribution >= 0.6 is 0 Å². The molecule has 106 valence electrons. The van der Waals surface area contributed by atoms with E-state index in [1.165, 1.54) is 0 Å². The van der Waals surface area contributed by atoms with Crippen LogP contribution in [0.1, 0.15) is 18.3 Å². The molecule has 6 nitrogen and oxygen atoms in total. The quantitative estimate of drug-likeness (QED) is 0.842. The number of aryl methyl sites for hydroxylation is 2. The third-order valence-electron chi connectivity index (χ3n) is 3.73. The number of nitrogens with zero attached hydrogens (tertiary/aromatic N) is 3. The van der Waals surface area contributed by atoms with E-state index in [1.54, 1.807) is 0 Å². The summed E-state index contributed by atoms with van der Waals surface area (Å²) in [5, 5.41) is 13.6. The fourth-order valence-electron chi connectivity index (χ4n) is 2.48. The van der Waals surface area contributed by atoms with Gasteiger partial charge in [-0.1, -0.05) is 6.92 Å². The second kappa shape index (κ2) is 5.71. The lowest BCUT2D eigenvalue weighted by Crippen LogP contribution is -2.40. The molecule has 1 fully saturated rings. The molecule has 2 rings (SSSR count). The molecule has 0 spiro atoms. The Labute approximate surface area is 113 Å². The summed E-state index contributed by atoms with van der Waals surface area (Å²) in [5.41, 5.74) is 2.15. The van der Waals surface area contributed by atoms with Gasteiger partial charge in [-0.05, 0) is 19.5 Å². The number of likely N-dealkylation sites (N-methyl/N-ethyl adjacent to an activating group) is 1. The van der Waals surface area contributed by atoms with E-state index in [-0.39, 0.29) is 6.04 Å². The number of aromatic nitrogens is 2. The molecule has 6 heteroatoms. The van der Waals surface area contributed by atoms with Crippen molar-refractivity contribution < 1.29 is 14.6 Å². The second-order valence-corrected chi connectivity index (χ2v) is 5.07. The van der Waals surface area contributed by atoms with Gasteiger partial charge in [0.15, 0.2) is 0 Å². The Bertz CT molecular complexity index is 458. The number of aliphatic carboxylic acids is 1. The van der Waals surface area contributed by atoms with Gasteiger partial charge in [-0.3, -0.25) is 14.4 Å². The van der Waals surface area contributed by atoms with Crippen molar-refractivity contribution in [3.8, 4) is 0 Å². The molecule has 1 aliphatic heterocycles. The van der Waals surface area contributed by atoms with E-state index in [0.717, 1.165) is 17.8 Å². The summed E-state index contributed by atoms with van der Waals surface area (Å²) in [5.74, 6) is -1.22. The Balaban J connectivity index is 2.05. The molecule has 1 aromatic heterocycles. The predicted molar refractivity (Wildman–Crippen MR) is 69.8 cm³/mol. The van der Waals surface area contributed by atoms with Gasteiger partial charge >= 0.3 is 5.97 Å². The first-order chi connectivity index (χ1) is 9.02. The highest BCUT2D eigenvalue weighted by Crippen LogP contribution is 2.20. The fourth-order valence-corrected chi connectivity index (χ4v) is 2.48. The van der Waals surface area contributed by atoms with Crippen molar-refractivity contribution >= 4 is 5.97 Å². The van der Waals surface area contributed by atoms with Crippen LogP contribution in [0.25, 0.3) is 0 Å². The predicted octanol–water partition coefficient (Wildman–Crippen LogP) is 0.514. The minimum absolute atomic E-state index is 0.0718. The molecule has 2 atom stereocenters. The molecular weight excluding hydrogens is 246 g/mol. The van der Waals surface area contributed by atoms with Gasteiger partial charge < -0.3 is 9.84 Å². The number of hydrogen-bond donors (Lipinski definition) is 1. The minimum Gasteiger partial charge on any atom is -0.481 e. The van der Waals surface area contributed by atoms with E-state index >= 15 is 0 Å². The van der Waals surface area contributed by atoms with E-state index in [1.807, 2.05) is 23.7 Å². The Morgan fingerprint density at radius 3 is 2.95 bits per heavy atom. The van der Waals surface area contributed by atoms with Crippen LogP contribution in [-0.4, -0.2) is 52.1 Å². The van der Waals surface area contributed by atoms with Crippen molar-refractivity contribution in [3.63, 3.8) is 0 Å². The van der Waals surface area contributed by atoms with Crippen LogP contribution in [0.4, 0.5) is 0 Å². The molecule has 1 aliphatic rings. The summed E-state index contributed by atoms with van der Waals surface area (Å²) in [7, 11) is 3.86. The first kappa shape index (κ1) is 14.0. The maximum atomic E-state index is 11.2. The normalized spacial score (nSPS) is 23.2. The van der Waals surface area contributed by atoms with Gasteiger partial charge in [0.05, 0.1) is 30.5 Å². The molecule has 0 aliphatic carbocycles. The van der Waals surface area contributed by atoms with Crippen LogP contribution in [0.5, 0.6) is 0 Å². The lowest BCUT2D eigenvalue weighted by molar-refractivity contribution is -0.143. The Morgan fingerprint density at radius 1 is 1.63 bits per heavy atom. The van der Waals surface area contributed by atoms with Crippen molar-refractivity contribution in [1.82, 2.24) is 14.7 Å². The number of rotatable bonds is 5. The first-order valence-electron chi connectivity index (χ1n) is 6.55. The zero-order valence-electron chi connectivity index (χ0n) is 11.7. The zero-order valence-corrected chi connectivity index (χ0v) is 11.7. The summed E-state index contributed by atoms with van der Waals surface area (Å²) in [4.78, 5) is 13.2. The molecular formula is C13H21N3O3. The van der Waals surface area contributed by atoms with Gasteiger partial charge in [0.25, 0.3) is 0 Å². The molecule has 1 saturated heterocycles. The molecule has 0 radical (unpaired) electrons. The lowest BCUT2D eigenvalue weighted by Gasteiger charge is -2.25. The average molecular weight is 267 g/mol. The summed E-state index contributed by atoms with van der Waals surface area (Å²) < 4.78 is 7.16. The SMILES string of the molecule is CCc1cc(CN(C)C2COCC2C(=O)O)n(C)n1. The minimum atomic E-state index is -0.784. The van der Waals surface area contributed by atoms with Gasteiger partial charge in [-0.25, -0.2) is 0 Å². The van der Waals surface area contributed by atoms with Crippen molar-refractivity contribution in [2.75, 3.05) is 20.3 Å². The summed E-state index contributed by atoms with van der Waals surface area (Å²) in [6.07, 6.45) is 0.905. The summed E-state index contributed by atoms with van der Waals surface area (Å²) in [6, 6.07) is 2.00. The lowest BCUT2D eigenvalue weighted by atomic mass is 10.0. The third-order valence-corrected chi connectivity index (χ3v) is 3.73. The molecule has 2 heterocycles. The monoisotopic (exact) mass is 267 g/mol. The molecule has 1 aromatic rings. The Morgan fingerprint density at radius 2 is 2.37 bits per heavy atom. The molecule has 19 heavy (non-hydrogen) atoms. The van der Waals surface area contributed by atoms with Crippen molar-refractivity contribution in [2.45, 2.75) is 25.9 Å². The van der Waals surface area contributed by atoms with E-state index in [4.69, 9.17) is 4.74 Å². The van der Waals surface area contributed by atoms with Gasteiger partial charge in [-0.2, -0.15) is 5.10 Å². The van der Waals surface area contributed by atoms with Crippen molar-refractivity contribution in [1.29, 1.82) is 0 Å². The highest BCUT2D eigenvalue weighted by atomic mass is 16.5. The van der Waals surface area contributed by atoms with Gasteiger partial charge in [0.1, 0.15) is 0 Å². The molecule has 0 aromatic carbocycles. The highest BCUT2D eigenvalue weighted by Gasteiger charge is 2.36. The second-order valence-electron chi connectivity index (χ2n) is 5.07. The topological polar surface area (TPSA) is 67.6 Å². The zero-order chi connectivity index (χ0) is 14.0. The van der Waals surface area contributed by atoms with E-state index in [0.29, 0.717) is 19.8 Å². The molecule has 1 N–H and O–H groups in total. The van der Waals surface area contributed by atoms with Crippen molar-refractivity contribution in [2.24, 2.45) is 13.0 Å². The van der Waals surface area contributed by atoms with Gasteiger partial charge in [-0.15, -0.1) is 0 Å². The third kappa shape index (κ3) is 2.96. The van der Waals surface area contributed by atoms with Crippen LogP contribution in [0, 0.1) is 5.92 Å². The van der Waals surface area contributed by atoms with Crippen LogP contribution in [-0.2, 0) is 29.5 Å². The maximum Gasteiger partial charge on any atom is 0.310 e. The standard InChI is InChI=1S/C13H21N3O3/c1-4-9-5-10(16(3)14-9)6-15(2)12-8-19-7-11(12)13(17)18/h5,11-12H,4,6-8H2,1-3H3,(H,17,18). The first-order valence-corrected chi connectivity index (χ1v) is 6.55. The highest BCUT2D eigenvalue weighted by molar-refractivity contribution is 5.71. The van der Waals surface area contributed by atoms with Crippen LogP contribution in [0.2, 0.25) is 0 Å². The van der Waals surface area contributed by atoms with Gasteiger partial charge in [0.2, 0.25) is 0 Å². The Kier molecular flexibility index (Phi) is 4.21. The summed E-state index contributed by atoms with van der Waals surface area (Å²) in [6.45, 7) is 3.53. The van der Waals surface area contributed by atoms with Crippen LogP contribution in [0.3, 0.4) is 0 Å². The molecule has 0 bridgehead atoms. The summed E-state index contributed by atoms with van der Waals surface area (Å²) >= 11 is 0. The number of ether oxygens (including phenoxy) is 1. The number of carbonyl (C=O) groups is 1. The molecule has 0 amide bonds. The number of carboxylic acid groups (broad SMARTS) is 1. The fraction of sp³-hybridized carbons (Fsp3) is 0.692. The Hall–Kier alpha value is -1.40. The van der Waals surface area contributed by atoms with Crippen LogP contribution < -0.4 is 0 Å². The number of hydrogen-bond acceptors (Lipinski definition) is 4. The van der Waals surface area contributed by atoms with E-state index in [2.05, 4.69) is 18.1 Å². The molecule has 0 saturated carbocycles. The van der Waals surface area contributed by atoms with Crippen molar-refractivity contribution in [3.05, 3.63) is 17.5 Å². The van der Waals surface area contributed by atoms with Crippen LogP contribution in [0.15, 0.2) is 6.07 Å². The van der Waals surface area contributed by atoms with E-state index in [9.17, 15) is 9.90 Å². The number of carboxylic acids is 1. The smallest absolute Gasteiger partial charge is 0.310 e. The largest absolute Gasteiger partial charge is 0.481 e.